The van der Waals surface area contributed by atoms with Crippen LogP contribution in [-0.2, 0) is 0 Å². The number of fused-ring (bicyclic) bond motifs is 1. The number of nitrogens with zero attached hydrogens (tertiary/aromatic N) is 3. The molecule has 2 fully saturated rings. The molecule has 3 heterocycles. The number of likely N-dealkylation sites (tertiary alicyclic amines) is 2. The number of amides is 1. The maximum Gasteiger partial charge on any atom is 0.255 e. The minimum atomic E-state index is -0.183. The number of hydrogen-bond acceptors (Lipinski definition) is 5. The number of carbonyl (C=O) groups excluding carboxylic acids is 1. The molecule has 0 bridgehead atoms. The van der Waals surface area contributed by atoms with Gasteiger partial charge in [0.1, 0.15) is 0 Å². The third-order valence-corrected chi connectivity index (χ3v) is 5.99. The summed E-state index contributed by atoms with van der Waals surface area (Å²) in [5, 5.41) is 20.4. The Labute approximate surface area is 159 Å². The van der Waals surface area contributed by atoms with E-state index in [1.54, 1.807) is 6.20 Å². The summed E-state index contributed by atoms with van der Waals surface area (Å²) >= 11 is 0. The van der Waals surface area contributed by atoms with Crippen molar-refractivity contribution in [2.45, 2.75) is 18.9 Å². The predicted octanol–water partition coefficient (Wildman–Crippen LogP) is 1.37. The van der Waals surface area contributed by atoms with E-state index in [0.29, 0.717) is 18.7 Å². The van der Waals surface area contributed by atoms with Crippen molar-refractivity contribution in [1.29, 1.82) is 0 Å². The highest BCUT2D eigenvalue weighted by atomic mass is 16.3. The van der Waals surface area contributed by atoms with Crippen LogP contribution in [0.25, 0.3) is 10.9 Å². The number of carbonyl (C=O) groups is 1. The summed E-state index contributed by atoms with van der Waals surface area (Å²) in [6.45, 7) is 3.99. The highest BCUT2D eigenvalue weighted by molar-refractivity contribution is 5.97. The fraction of sp³-hybridized carbons (Fsp3) is 0.524. The van der Waals surface area contributed by atoms with Crippen molar-refractivity contribution in [2.75, 3.05) is 39.3 Å². The summed E-state index contributed by atoms with van der Waals surface area (Å²) in [5.74, 6) is 0.361. The number of hydrogen-bond donors (Lipinski definition) is 2. The van der Waals surface area contributed by atoms with Crippen LogP contribution in [0.15, 0.2) is 36.5 Å². The van der Waals surface area contributed by atoms with Gasteiger partial charge in [-0.1, -0.05) is 18.2 Å². The zero-order chi connectivity index (χ0) is 18.8. The topological polar surface area (TPSA) is 76.9 Å². The average Bonchev–Trinajstić information content (AvgIpc) is 3.11. The summed E-state index contributed by atoms with van der Waals surface area (Å²) in [6, 6.07) is 9.69. The van der Waals surface area contributed by atoms with E-state index < -0.39 is 0 Å². The molecular weight excluding hydrogens is 342 g/mol. The lowest BCUT2D eigenvalue weighted by molar-refractivity contribution is 0.0679. The van der Waals surface area contributed by atoms with E-state index >= 15 is 0 Å². The molecule has 2 N–H and O–H groups in total. The highest BCUT2D eigenvalue weighted by Crippen LogP contribution is 2.27. The van der Waals surface area contributed by atoms with E-state index in [1.165, 1.54) is 0 Å². The maximum absolute atomic E-state index is 13.0. The molecule has 0 saturated carbocycles. The van der Waals surface area contributed by atoms with Gasteiger partial charge in [-0.2, -0.15) is 0 Å². The molecule has 0 radical (unpaired) electrons. The van der Waals surface area contributed by atoms with Gasteiger partial charge in [0.25, 0.3) is 5.91 Å². The third kappa shape index (κ3) is 3.98. The first-order valence-electron chi connectivity index (χ1n) is 9.79. The number of benzene rings is 1. The standard InChI is InChI=1S/C21H27N3O3/c25-14-18-13-24(12-17(18)11-23-7-5-19(26)6-8-23)21(27)16-9-15-3-1-2-4-20(15)22-10-16/h1-4,9-10,17-19,25-26H,5-8,11-14H2. The van der Waals surface area contributed by atoms with Crippen molar-refractivity contribution in [3.63, 3.8) is 0 Å². The fourth-order valence-electron chi connectivity index (χ4n) is 4.32. The van der Waals surface area contributed by atoms with Crippen LogP contribution in [0.5, 0.6) is 0 Å². The average molecular weight is 369 g/mol. The Morgan fingerprint density at radius 3 is 2.67 bits per heavy atom. The van der Waals surface area contributed by atoms with Gasteiger partial charge in [0.2, 0.25) is 0 Å². The molecule has 2 unspecified atom stereocenters. The number of pyridine rings is 1. The van der Waals surface area contributed by atoms with E-state index in [1.807, 2.05) is 35.2 Å². The van der Waals surface area contributed by atoms with Gasteiger partial charge in [0, 0.05) is 56.8 Å². The summed E-state index contributed by atoms with van der Waals surface area (Å²) < 4.78 is 0. The van der Waals surface area contributed by atoms with Gasteiger partial charge >= 0.3 is 0 Å². The van der Waals surface area contributed by atoms with E-state index in [4.69, 9.17) is 0 Å². The minimum Gasteiger partial charge on any atom is -0.396 e. The van der Waals surface area contributed by atoms with Crippen molar-refractivity contribution in [1.82, 2.24) is 14.8 Å². The fourth-order valence-corrected chi connectivity index (χ4v) is 4.32. The van der Waals surface area contributed by atoms with Crippen molar-refractivity contribution in [3.8, 4) is 0 Å². The highest BCUT2D eigenvalue weighted by Gasteiger charge is 2.36. The zero-order valence-corrected chi connectivity index (χ0v) is 15.5. The largest absolute Gasteiger partial charge is 0.396 e. The summed E-state index contributed by atoms with van der Waals surface area (Å²) in [7, 11) is 0. The third-order valence-electron chi connectivity index (χ3n) is 5.99. The molecule has 2 aliphatic rings. The lowest BCUT2D eigenvalue weighted by atomic mass is 9.95. The van der Waals surface area contributed by atoms with Crippen LogP contribution in [0.3, 0.4) is 0 Å². The first-order valence-corrected chi connectivity index (χ1v) is 9.79. The Bertz CT molecular complexity index is 804. The Morgan fingerprint density at radius 1 is 1.15 bits per heavy atom. The van der Waals surface area contributed by atoms with Gasteiger partial charge in [-0.15, -0.1) is 0 Å². The van der Waals surface area contributed by atoms with Crippen LogP contribution < -0.4 is 0 Å². The predicted molar refractivity (Wildman–Crippen MR) is 103 cm³/mol. The molecule has 1 amide bonds. The first-order chi connectivity index (χ1) is 13.1. The Kier molecular flexibility index (Phi) is 5.38. The maximum atomic E-state index is 13.0. The first kappa shape index (κ1) is 18.3. The van der Waals surface area contributed by atoms with Crippen molar-refractivity contribution in [3.05, 3.63) is 42.1 Å². The number of piperidine rings is 1. The van der Waals surface area contributed by atoms with Gasteiger partial charge < -0.3 is 20.0 Å². The molecule has 4 rings (SSSR count). The molecule has 0 spiro atoms. The van der Waals surface area contributed by atoms with Crippen LogP contribution in [0.4, 0.5) is 0 Å². The number of aliphatic hydroxyl groups excluding tert-OH is 2. The van der Waals surface area contributed by atoms with E-state index in [0.717, 1.165) is 43.4 Å². The quantitative estimate of drug-likeness (QED) is 0.851. The Balaban J connectivity index is 1.44. The van der Waals surface area contributed by atoms with E-state index in [2.05, 4.69) is 9.88 Å². The molecule has 2 saturated heterocycles. The summed E-state index contributed by atoms with van der Waals surface area (Å²) in [5.41, 5.74) is 1.49. The van der Waals surface area contributed by atoms with Crippen LogP contribution in [0.2, 0.25) is 0 Å². The number of aromatic nitrogens is 1. The molecule has 1 aromatic heterocycles. The van der Waals surface area contributed by atoms with E-state index in [9.17, 15) is 15.0 Å². The van der Waals surface area contributed by atoms with Crippen molar-refractivity contribution < 1.29 is 15.0 Å². The lowest BCUT2D eigenvalue weighted by Crippen LogP contribution is -2.40. The second kappa shape index (κ2) is 7.92. The monoisotopic (exact) mass is 369 g/mol. The summed E-state index contributed by atoms with van der Waals surface area (Å²) in [4.78, 5) is 21.6. The molecule has 144 valence electrons. The molecule has 6 heteroatoms. The van der Waals surface area contributed by atoms with Gasteiger partial charge in [0.15, 0.2) is 0 Å². The molecule has 1 aromatic carbocycles. The molecular formula is C21H27N3O3. The number of para-hydroxylation sites is 1. The smallest absolute Gasteiger partial charge is 0.255 e. The van der Waals surface area contributed by atoms with E-state index in [-0.39, 0.29) is 30.5 Å². The Morgan fingerprint density at radius 2 is 1.89 bits per heavy atom. The Hall–Kier alpha value is -2.02. The van der Waals surface area contributed by atoms with Crippen LogP contribution >= 0.6 is 0 Å². The van der Waals surface area contributed by atoms with Crippen LogP contribution in [0.1, 0.15) is 23.2 Å². The SMILES string of the molecule is O=C(c1cnc2ccccc2c1)N1CC(CO)C(CN2CCC(O)CC2)C1. The van der Waals surface area contributed by atoms with Gasteiger partial charge in [-0.05, 0) is 30.9 Å². The molecule has 27 heavy (non-hydrogen) atoms. The van der Waals surface area contributed by atoms with Crippen molar-refractivity contribution in [2.24, 2.45) is 11.8 Å². The van der Waals surface area contributed by atoms with Crippen LogP contribution in [-0.4, -0.2) is 76.3 Å². The van der Waals surface area contributed by atoms with Crippen molar-refractivity contribution >= 4 is 16.8 Å². The van der Waals surface area contributed by atoms with Gasteiger partial charge in [0.05, 0.1) is 17.2 Å². The molecule has 2 aromatic rings. The van der Waals surface area contributed by atoms with Gasteiger partial charge in [-0.25, -0.2) is 0 Å². The number of aliphatic hydroxyl groups is 2. The second-order valence-electron chi connectivity index (χ2n) is 7.86. The van der Waals surface area contributed by atoms with Crippen LogP contribution in [0, 0.1) is 11.8 Å². The number of rotatable bonds is 4. The lowest BCUT2D eigenvalue weighted by Gasteiger charge is -2.32. The molecule has 0 aliphatic carbocycles. The zero-order valence-electron chi connectivity index (χ0n) is 15.5. The molecule has 6 nitrogen and oxygen atoms in total. The second-order valence-corrected chi connectivity index (χ2v) is 7.86. The molecule has 2 aliphatic heterocycles. The summed E-state index contributed by atoms with van der Waals surface area (Å²) in [6.07, 6.45) is 3.08. The normalized spacial score (nSPS) is 24.6. The minimum absolute atomic E-state index is 0.0109. The van der Waals surface area contributed by atoms with Gasteiger partial charge in [-0.3, -0.25) is 9.78 Å². The molecule has 2 atom stereocenters.